The molecule has 1 saturated heterocycles. The van der Waals surface area contributed by atoms with Crippen LogP contribution in [0.3, 0.4) is 0 Å². The van der Waals surface area contributed by atoms with Gasteiger partial charge in [-0.25, -0.2) is 5.06 Å². The molecule has 1 aliphatic heterocycles. The first-order chi connectivity index (χ1) is 8.39. The summed E-state index contributed by atoms with van der Waals surface area (Å²) in [4.78, 5) is 16.3. The van der Waals surface area contributed by atoms with E-state index in [-0.39, 0.29) is 18.1 Å². The van der Waals surface area contributed by atoms with Gasteiger partial charge in [0.05, 0.1) is 7.11 Å². The normalized spacial score (nSPS) is 27.2. The van der Waals surface area contributed by atoms with Crippen molar-refractivity contribution in [3.63, 3.8) is 0 Å². The van der Waals surface area contributed by atoms with Crippen LogP contribution in [0, 0.1) is 0 Å². The number of carbonyl (C=O) groups excluding carboxylic acids is 1. The van der Waals surface area contributed by atoms with Crippen LogP contribution in [-0.4, -0.2) is 43.1 Å². The second-order valence-electron chi connectivity index (χ2n) is 4.47. The second-order valence-corrected chi connectivity index (χ2v) is 4.47. The number of nitrogens with zero attached hydrogens (tertiary/aromatic N) is 1. The van der Waals surface area contributed by atoms with Crippen LogP contribution in [0.2, 0.25) is 0 Å². The van der Waals surface area contributed by atoms with Gasteiger partial charge in [0.2, 0.25) is 0 Å². The van der Waals surface area contributed by atoms with Crippen molar-refractivity contribution >= 4 is 5.91 Å². The molecule has 0 aromatic carbocycles. The largest absolute Gasteiger partial charge is 0.340 e. The lowest BCUT2D eigenvalue weighted by molar-refractivity contribution is -0.162. The summed E-state index contributed by atoms with van der Waals surface area (Å²) in [7, 11) is 2.98. The summed E-state index contributed by atoms with van der Waals surface area (Å²) < 4.78 is 11.4. The molecule has 1 amide bonds. The standard InChI is InChI=1S/C13H21NO4/c1-6-7-10-11(18-13(2,3)17-10)8-9-12(15)14(4)16-5/h6-11H,1-5H3/b7-6-,9-8+/t10-,11+/m1/s1. The van der Waals surface area contributed by atoms with E-state index in [1.165, 1.54) is 13.2 Å². The van der Waals surface area contributed by atoms with E-state index in [0.29, 0.717) is 0 Å². The van der Waals surface area contributed by atoms with Crippen LogP contribution in [0.4, 0.5) is 0 Å². The van der Waals surface area contributed by atoms with Crippen molar-refractivity contribution in [2.45, 2.75) is 38.8 Å². The molecule has 5 nitrogen and oxygen atoms in total. The quantitative estimate of drug-likeness (QED) is 0.435. The molecule has 102 valence electrons. The zero-order valence-corrected chi connectivity index (χ0v) is 11.5. The molecule has 0 saturated carbocycles. The fourth-order valence-corrected chi connectivity index (χ4v) is 1.68. The summed E-state index contributed by atoms with van der Waals surface area (Å²) in [5, 5.41) is 1.14. The van der Waals surface area contributed by atoms with E-state index in [0.717, 1.165) is 5.06 Å². The van der Waals surface area contributed by atoms with Crippen LogP contribution in [0.1, 0.15) is 20.8 Å². The molecule has 0 spiro atoms. The third kappa shape index (κ3) is 3.94. The maximum atomic E-state index is 11.6. The second kappa shape index (κ2) is 6.13. The van der Waals surface area contributed by atoms with E-state index >= 15 is 0 Å². The van der Waals surface area contributed by atoms with Crippen LogP contribution in [0.25, 0.3) is 0 Å². The van der Waals surface area contributed by atoms with Crippen LogP contribution in [0.5, 0.6) is 0 Å². The molecule has 0 aliphatic carbocycles. The Morgan fingerprint density at radius 1 is 1.28 bits per heavy atom. The minimum Gasteiger partial charge on any atom is -0.340 e. The highest BCUT2D eigenvalue weighted by Crippen LogP contribution is 2.29. The molecule has 0 bridgehead atoms. The lowest BCUT2D eigenvalue weighted by Crippen LogP contribution is -2.24. The summed E-state index contributed by atoms with van der Waals surface area (Å²) in [6, 6.07) is 0. The Balaban J connectivity index is 2.70. The van der Waals surface area contributed by atoms with Gasteiger partial charge in [-0.15, -0.1) is 0 Å². The van der Waals surface area contributed by atoms with Crippen molar-refractivity contribution in [2.75, 3.05) is 14.2 Å². The molecule has 1 aliphatic rings. The molecule has 1 fully saturated rings. The monoisotopic (exact) mass is 255 g/mol. The van der Waals surface area contributed by atoms with E-state index in [4.69, 9.17) is 14.3 Å². The molecule has 0 aromatic heterocycles. The van der Waals surface area contributed by atoms with Crippen molar-refractivity contribution in [3.8, 4) is 0 Å². The Morgan fingerprint density at radius 3 is 2.33 bits per heavy atom. The summed E-state index contributed by atoms with van der Waals surface area (Å²) in [6.07, 6.45) is 6.48. The fraction of sp³-hybridized carbons (Fsp3) is 0.615. The van der Waals surface area contributed by atoms with Gasteiger partial charge >= 0.3 is 0 Å². The van der Waals surface area contributed by atoms with Crippen molar-refractivity contribution in [1.29, 1.82) is 0 Å². The van der Waals surface area contributed by atoms with Gasteiger partial charge < -0.3 is 9.47 Å². The van der Waals surface area contributed by atoms with E-state index in [1.54, 1.807) is 13.1 Å². The predicted octanol–water partition coefficient (Wildman–Crippen LogP) is 1.66. The van der Waals surface area contributed by atoms with E-state index < -0.39 is 5.79 Å². The van der Waals surface area contributed by atoms with Crippen LogP contribution in [0.15, 0.2) is 24.3 Å². The lowest BCUT2D eigenvalue weighted by atomic mass is 10.2. The van der Waals surface area contributed by atoms with Gasteiger partial charge in [-0.2, -0.15) is 0 Å². The molecule has 0 unspecified atom stereocenters. The summed E-state index contributed by atoms with van der Waals surface area (Å²) in [5.74, 6) is -0.889. The van der Waals surface area contributed by atoms with Crippen LogP contribution < -0.4 is 0 Å². The molecule has 0 aromatic rings. The highest BCUT2D eigenvalue weighted by Gasteiger charge is 2.38. The molecule has 5 heteroatoms. The summed E-state index contributed by atoms with van der Waals surface area (Å²) in [6.45, 7) is 5.61. The highest BCUT2D eigenvalue weighted by molar-refractivity contribution is 5.86. The molecule has 0 N–H and O–H groups in total. The van der Waals surface area contributed by atoms with Gasteiger partial charge in [0.15, 0.2) is 5.79 Å². The van der Waals surface area contributed by atoms with Gasteiger partial charge in [-0.1, -0.05) is 12.2 Å². The van der Waals surface area contributed by atoms with Gasteiger partial charge in [0.1, 0.15) is 12.2 Å². The van der Waals surface area contributed by atoms with Crippen LogP contribution >= 0.6 is 0 Å². The molecular formula is C13H21NO4. The number of allylic oxidation sites excluding steroid dienone is 1. The third-order valence-corrected chi connectivity index (χ3v) is 2.56. The van der Waals surface area contributed by atoms with Gasteiger partial charge in [-0.3, -0.25) is 9.63 Å². The topological polar surface area (TPSA) is 48.0 Å². The Kier molecular flexibility index (Phi) is 5.07. The number of hydroxylamine groups is 2. The average Bonchev–Trinajstić information content (AvgIpc) is 2.60. The molecule has 1 rings (SSSR count). The van der Waals surface area contributed by atoms with Crippen LogP contribution in [-0.2, 0) is 19.1 Å². The zero-order chi connectivity index (χ0) is 13.8. The number of ether oxygens (including phenoxy) is 2. The first-order valence-corrected chi connectivity index (χ1v) is 5.88. The molecule has 0 radical (unpaired) electrons. The number of amides is 1. The van der Waals surface area contributed by atoms with Crippen molar-refractivity contribution in [3.05, 3.63) is 24.3 Å². The zero-order valence-electron chi connectivity index (χ0n) is 11.5. The molecule has 18 heavy (non-hydrogen) atoms. The van der Waals surface area contributed by atoms with Gasteiger partial charge in [0, 0.05) is 13.1 Å². The number of rotatable bonds is 4. The Labute approximate surface area is 108 Å². The van der Waals surface area contributed by atoms with Gasteiger partial charge in [-0.05, 0) is 26.8 Å². The smallest absolute Gasteiger partial charge is 0.269 e. The Morgan fingerprint density at radius 2 is 1.83 bits per heavy atom. The predicted molar refractivity (Wildman–Crippen MR) is 67.6 cm³/mol. The van der Waals surface area contributed by atoms with Crippen molar-refractivity contribution in [2.24, 2.45) is 0 Å². The van der Waals surface area contributed by atoms with E-state index in [9.17, 15) is 4.79 Å². The lowest BCUT2D eigenvalue weighted by Gasteiger charge is -2.15. The van der Waals surface area contributed by atoms with E-state index in [1.807, 2.05) is 32.9 Å². The van der Waals surface area contributed by atoms with Crippen molar-refractivity contribution in [1.82, 2.24) is 5.06 Å². The first-order valence-electron chi connectivity index (χ1n) is 5.88. The summed E-state index contributed by atoms with van der Waals surface area (Å²) >= 11 is 0. The number of carbonyl (C=O) groups is 1. The first kappa shape index (κ1) is 14.9. The third-order valence-electron chi connectivity index (χ3n) is 2.56. The fourth-order valence-electron chi connectivity index (χ4n) is 1.68. The van der Waals surface area contributed by atoms with E-state index in [2.05, 4.69) is 0 Å². The van der Waals surface area contributed by atoms with Crippen molar-refractivity contribution < 1.29 is 19.1 Å². The minimum absolute atomic E-state index is 0.179. The molecular weight excluding hydrogens is 234 g/mol. The molecule has 1 heterocycles. The average molecular weight is 255 g/mol. The summed E-state index contributed by atoms with van der Waals surface area (Å²) in [5.41, 5.74) is 0. The number of hydrogen-bond acceptors (Lipinski definition) is 4. The number of hydrogen-bond donors (Lipinski definition) is 0. The highest BCUT2D eigenvalue weighted by atomic mass is 16.7. The maximum Gasteiger partial charge on any atom is 0.269 e. The molecule has 2 atom stereocenters. The Bertz CT molecular complexity index is 349. The minimum atomic E-state index is -0.643. The van der Waals surface area contributed by atoms with Gasteiger partial charge in [0.25, 0.3) is 5.91 Å². The maximum absolute atomic E-state index is 11.6. The SMILES string of the molecule is C/C=C\[C@H]1OC(C)(C)O[C@H]1/C=C/C(=O)N(C)OC. The Hall–Kier alpha value is -1.17. The number of likely N-dealkylation sites (N-methyl/N-ethyl adjacent to an activating group) is 1.